The number of anilines is 2. The van der Waals surface area contributed by atoms with E-state index >= 15 is 0 Å². The van der Waals surface area contributed by atoms with Gasteiger partial charge in [0, 0.05) is 32.9 Å². The summed E-state index contributed by atoms with van der Waals surface area (Å²) in [4.78, 5) is 38.1. The lowest BCUT2D eigenvalue weighted by Crippen LogP contribution is -2.72. The molecule has 2 fully saturated rings. The lowest BCUT2D eigenvalue weighted by atomic mass is 9.81. The van der Waals surface area contributed by atoms with Gasteiger partial charge in [0.1, 0.15) is 0 Å². The molecule has 8 nitrogen and oxygen atoms in total. The highest BCUT2D eigenvalue weighted by Gasteiger charge is 2.48. The molecular weight excluding hydrogens is 465 g/mol. The Labute approximate surface area is 193 Å². The quantitative estimate of drug-likeness (QED) is 0.460. The van der Waals surface area contributed by atoms with Gasteiger partial charge < -0.3 is 21.3 Å². The highest BCUT2D eigenvalue weighted by molar-refractivity contribution is 6.35. The van der Waals surface area contributed by atoms with Crippen LogP contribution < -0.4 is 26.6 Å². The van der Waals surface area contributed by atoms with Crippen molar-refractivity contribution in [1.29, 1.82) is 0 Å². The van der Waals surface area contributed by atoms with E-state index in [1.807, 2.05) is 0 Å². The van der Waals surface area contributed by atoms with Crippen molar-refractivity contribution >= 4 is 63.9 Å². The minimum absolute atomic E-state index is 0.122. The maximum Gasteiger partial charge on any atom is 0.229 e. The Bertz CT molecular complexity index is 1030. The number of hydrogen-bond acceptors (Lipinski definition) is 5. The Balaban J connectivity index is 1.49. The van der Waals surface area contributed by atoms with Crippen molar-refractivity contribution in [3.05, 3.63) is 57.5 Å². The lowest BCUT2D eigenvalue weighted by molar-refractivity contribution is -0.144. The molecule has 31 heavy (non-hydrogen) atoms. The molecule has 11 heteroatoms. The molecule has 0 spiro atoms. The highest BCUT2D eigenvalue weighted by Crippen LogP contribution is 2.29. The summed E-state index contributed by atoms with van der Waals surface area (Å²) in [6, 6.07) is 11.6. The van der Waals surface area contributed by atoms with E-state index in [1.54, 1.807) is 24.3 Å². The fourth-order valence-corrected chi connectivity index (χ4v) is 4.48. The van der Waals surface area contributed by atoms with Crippen LogP contribution in [0.15, 0.2) is 42.5 Å². The monoisotopic (exact) mass is 481 g/mol. The van der Waals surface area contributed by atoms with Crippen LogP contribution in [0.2, 0.25) is 15.1 Å². The molecule has 0 radical (unpaired) electrons. The summed E-state index contributed by atoms with van der Waals surface area (Å²) in [7, 11) is 0. The van der Waals surface area contributed by atoms with E-state index in [0.29, 0.717) is 26.4 Å². The van der Waals surface area contributed by atoms with Gasteiger partial charge in [-0.15, -0.1) is 0 Å². The number of rotatable bonds is 4. The number of fused-ring (bicyclic) bond motifs is 1. The van der Waals surface area contributed by atoms with Gasteiger partial charge in [-0.1, -0.05) is 40.9 Å². The molecule has 4 unspecified atom stereocenters. The molecule has 2 aromatic carbocycles. The van der Waals surface area contributed by atoms with Crippen LogP contribution in [0.5, 0.6) is 0 Å². The summed E-state index contributed by atoms with van der Waals surface area (Å²) >= 11 is 18.0. The van der Waals surface area contributed by atoms with E-state index in [2.05, 4.69) is 26.6 Å². The maximum atomic E-state index is 12.9. The summed E-state index contributed by atoms with van der Waals surface area (Å²) in [5.74, 6) is -2.86. The van der Waals surface area contributed by atoms with Crippen LogP contribution in [0.1, 0.15) is 6.42 Å². The molecule has 2 heterocycles. The Kier molecular flexibility index (Phi) is 6.24. The average molecular weight is 483 g/mol. The van der Waals surface area contributed by atoms with Gasteiger partial charge in [-0.2, -0.15) is 0 Å². The normalized spacial score (nSPS) is 25.1. The molecular formula is C20H18Cl3N5O3. The van der Waals surface area contributed by atoms with Crippen molar-refractivity contribution in [3.8, 4) is 0 Å². The van der Waals surface area contributed by atoms with Crippen LogP contribution in [0, 0.1) is 11.8 Å². The molecule has 2 aromatic rings. The summed E-state index contributed by atoms with van der Waals surface area (Å²) in [5, 5.41) is 15.7. The Morgan fingerprint density at radius 3 is 2.35 bits per heavy atom. The zero-order valence-corrected chi connectivity index (χ0v) is 18.2. The van der Waals surface area contributed by atoms with Crippen molar-refractivity contribution in [2.45, 2.75) is 18.9 Å². The zero-order chi connectivity index (χ0) is 22.1. The van der Waals surface area contributed by atoms with Crippen LogP contribution in [-0.2, 0) is 14.4 Å². The van der Waals surface area contributed by atoms with Gasteiger partial charge in [-0.25, -0.2) is 0 Å². The molecule has 4 atom stereocenters. The molecule has 2 aliphatic heterocycles. The number of benzene rings is 2. The molecule has 0 aromatic heterocycles. The topological polar surface area (TPSA) is 111 Å². The van der Waals surface area contributed by atoms with Gasteiger partial charge in [-0.05, 0) is 36.4 Å². The van der Waals surface area contributed by atoms with Crippen molar-refractivity contribution < 1.29 is 14.4 Å². The fraction of sp³-hybridized carbons (Fsp3) is 0.250. The number of amides is 3. The predicted molar refractivity (Wildman–Crippen MR) is 119 cm³/mol. The number of carbonyl (C=O) groups is 3. The number of piperidine rings is 1. The van der Waals surface area contributed by atoms with Gasteiger partial charge in [0.25, 0.3) is 0 Å². The van der Waals surface area contributed by atoms with Crippen molar-refractivity contribution in [3.63, 3.8) is 0 Å². The van der Waals surface area contributed by atoms with Crippen LogP contribution in [-0.4, -0.2) is 30.2 Å². The first-order valence-electron chi connectivity index (χ1n) is 9.43. The molecule has 0 bridgehead atoms. The Hall–Kier alpha value is -2.52. The van der Waals surface area contributed by atoms with E-state index in [-0.39, 0.29) is 18.2 Å². The fourth-order valence-electron chi connectivity index (χ4n) is 3.76. The number of halogens is 3. The first kappa shape index (κ1) is 21.7. The third kappa shape index (κ3) is 5.04. The van der Waals surface area contributed by atoms with Gasteiger partial charge in [0.2, 0.25) is 17.7 Å². The van der Waals surface area contributed by atoms with E-state index in [9.17, 15) is 14.4 Å². The second-order valence-electron chi connectivity index (χ2n) is 7.29. The minimum Gasteiger partial charge on any atom is -0.353 e. The van der Waals surface area contributed by atoms with E-state index in [1.165, 1.54) is 18.2 Å². The standard InChI is InChI=1S/C20H18Cl3N5O3/c21-9-2-1-3-12(5-9)25-20-27-17-16(19(31)28-20)14(8-15(29)26-17)18(30)24-13-6-10(22)4-11(23)7-13/h1-7,14,16-17,20,25,27H,8H2,(H,24,30)(H,26,29)(H,28,31). The molecule has 3 amide bonds. The van der Waals surface area contributed by atoms with Crippen LogP contribution in [0.3, 0.4) is 0 Å². The third-order valence-electron chi connectivity index (χ3n) is 5.05. The Morgan fingerprint density at radius 2 is 1.65 bits per heavy atom. The second kappa shape index (κ2) is 8.92. The average Bonchev–Trinajstić information content (AvgIpc) is 2.66. The molecule has 162 valence electrons. The zero-order valence-electron chi connectivity index (χ0n) is 15.9. The summed E-state index contributed by atoms with van der Waals surface area (Å²) in [6.45, 7) is 0. The second-order valence-corrected chi connectivity index (χ2v) is 8.60. The number of hydrogen-bond donors (Lipinski definition) is 5. The molecule has 5 N–H and O–H groups in total. The van der Waals surface area contributed by atoms with Gasteiger partial charge in [0.15, 0.2) is 6.29 Å². The van der Waals surface area contributed by atoms with E-state index < -0.39 is 30.2 Å². The van der Waals surface area contributed by atoms with Gasteiger partial charge in [0.05, 0.1) is 18.0 Å². The molecule has 0 saturated carbocycles. The van der Waals surface area contributed by atoms with E-state index in [0.717, 1.165) is 0 Å². The molecule has 4 rings (SSSR count). The van der Waals surface area contributed by atoms with E-state index in [4.69, 9.17) is 34.8 Å². The number of carbonyl (C=O) groups excluding carboxylic acids is 3. The van der Waals surface area contributed by atoms with Gasteiger partial charge >= 0.3 is 0 Å². The SMILES string of the molecule is O=C1CC(C(=O)Nc2cc(Cl)cc(Cl)c2)C2C(=O)NC(Nc3cccc(Cl)c3)NC2N1. The first-order chi connectivity index (χ1) is 14.8. The van der Waals surface area contributed by atoms with Crippen LogP contribution >= 0.6 is 34.8 Å². The maximum absolute atomic E-state index is 12.9. The van der Waals surface area contributed by atoms with Crippen molar-refractivity contribution in [1.82, 2.24) is 16.0 Å². The summed E-state index contributed by atoms with van der Waals surface area (Å²) < 4.78 is 0. The van der Waals surface area contributed by atoms with Crippen molar-refractivity contribution in [2.24, 2.45) is 11.8 Å². The lowest BCUT2D eigenvalue weighted by Gasteiger charge is -2.43. The number of nitrogens with one attached hydrogen (secondary N) is 5. The third-order valence-corrected chi connectivity index (χ3v) is 5.72. The predicted octanol–water partition coefficient (Wildman–Crippen LogP) is 2.78. The highest BCUT2D eigenvalue weighted by atomic mass is 35.5. The van der Waals surface area contributed by atoms with Gasteiger partial charge in [-0.3, -0.25) is 19.7 Å². The van der Waals surface area contributed by atoms with Crippen LogP contribution in [0.25, 0.3) is 0 Å². The largest absolute Gasteiger partial charge is 0.353 e. The summed E-state index contributed by atoms with van der Waals surface area (Å²) in [6.07, 6.45) is -1.52. The van der Waals surface area contributed by atoms with Crippen LogP contribution in [0.4, 0.5) is 11.4 Å². The minimum atomic E-state index is -0.879. The first-order valence-corrected chi connectivity index (χ1v) is 10.6. The summed E-state index contributed by atoms with van der Waals surface area (Å²) in [5.41, 5.74) is 1.06. The molecule has 0 aliphatic carbocycles. The Morgan fingerprint density at radius 1 is 0.935 bits per heavy atom. The van der Waals surface area contributed by atoms with Crippen molar-refractivity contribution in [2.75, 3.05) is 10.6 Å². The smallest absolute Gasteiger partial charge is 0.229 e. The molecule has 2 saturated heterocycles. The molecule has 2 aliphatic rings.